The van der Waals surface area contributed by atoms with Crippen LogP contribution in [0.1, 0.15) is 19.4 Å². The van der Waals surface area contributed by atoms with Gasteiger partial charge in [0.15, 0.2) is 0 Å². The normalized spacial score (nSPS) is 13.2. The smallest absolute Gasteiger partial charge is 0.243 e. The van der Waals surface area contributed by atoms with Crippen LogP contribution in [0.3, 0.4) is 0 Å². The second-order valence-corrected chi connectivity index (χ2v) is 9.00. The summed E-state index contributed by atoms with van der Waals surface area (Å²) in [7, 11) is -3.73. The molecule has 0 saturated carbocycles. The number of nitrogens with one attached hydrogen (secondary N) is 1. The molecule has 0 aliphatic rings. The monoisotopic (exact) mass is 391 g/mol. The van der Waals surface area contributed by atoms with Crippen molar-refractivity contribution in [1.29, 1.82) is 0 Å². The first-order valence-electron chi connectivity index (χ1n) is 9.07. The Hall–Kier alpha value is -1.93. The highest BCUT2D eigenvalue weighted by Crippen LogP contribution is 2.19. The summed E-state index contributed by atoms with van der Waals surface area (Å²) in [5.41, 5.74) is 7.24. The van der Waals surface area contributed by atoms with Gasteiger partial charge >= 0.3 is 0 Å². The van der Waals surface area contributed by atoms with Crippen LogP contribution in [-0.2, 0) is 16.6 Å². The second kappa shape index (κ2) is 9.85. The zero-order valence-corrected chi connectivity index (χ0v) is 16.7. The fourth-order valence-corrected chi connectivity index (χ4v) is 4.48. The van der Waals surface area contributed by atoms with Gasteiger partial charge in [-0.2, -0.15) is 4.31 Å². The van der Waals surface area contributed by atoms with Gasteiger partial charge in [-0.1, -0.05) is 50.2 Å². The van der Waals surface area contributed by atoms with E-state index >= 15 is 0 Å². The molecule has 0 unspecified atom stereocenters. The fraction of sp³-hybridized carbons (Fsp3) is 0.400. The lowest BCUT2D eigenvalue weighted by molar-refractivity contribution is 0.139. The number of aliphatic hydroxyl groups is 1. The third kappa shape index (κ3) is 6.62. The molecule has 7 heteroatoms. The largest absolute Gasteiger partial charge is 0.399 e. The van der Waals surface area contributed by atoms with E-state index in [-0.39, 0.29) is 17.4 Å². The molecule has 0 aromatic heterocycles. The maximum absolute atomic E-state index is 13.0. The summed E-state index contributed by atoms with van der Waals surface area (Å²) in [4.78, 5) is 0.146. The Morgan fingerprint density at radius 3 is 2.41 bits per heavy atom. The topological polar surface area (TPSA) is 95.7 Å². The lowest BCUT2D eigenvalue weighted by atomic mass is 10.2. The maximum Gasteiger partial charge on any atom is 0.243 e. The Kier molecular flexibility index (Phi) is 7.79. The molecule has 2 rings (SSSR count). The Labute approximate surface area is 162 Å². The van der Waals surface area contributed by atoms with Crippen LogP contribution in [0.2, 0.25) is 0 Å². The predicted octanol–water partition coefficient (Wildman–Crippen LogP) is 2.07. The van der Waals surface area contributed by atoms with Gasteiger partial charge in [0.1, 0.15) is 0 Å². The van der Waals surface area contributed by atoms with E-state index in [1.54, 1.807) is 12.1 Å². The fourth-order valence-electron chi connectivity index (χ4n) is 2.78. The standard InChI is InChI=1S/C20H29N3O3S/c1-16(2)14-23(27(25,26)20-10-6-9-18(21)11-20)15-19(24)13-22-12-17-7-4-3-5-8-17/h3-11,16,19,22,24H,12-15,21H2,1-2H3/t19-/m1/s1. The van der Waals surface area contributed by atoms with Crippen molar-refractivity contribution in [3.8, 4) is 0 Å². The lowest BCUT2D eigenvalue weighted by Crippen LogP contribution is -2.43. The average molecular weight is 392 g/mol. The minimum atomic E-state index is -3.73. The molecular weight excluding hydrogens is 362 g/mol. The van der Waals surface area contributed by atoms with E-state index in [1.807, 2.05) is 44.2 Å². The number of aliphatic hydroxyl groups excluding tert-OH is 1. The van der Waals surface area contributed by atoms with Crippen LogP contribution >= 0.6 is 0 Å². The number of benzene rings is 2. The summed E-state index contributed by atoms with van der Waals surface area (Å²) in [5.74, 6) is 0.130. The zero-order valence-electron chi connectivity index (χ0n) is 15.9. The number of nitrogens with two attached hydrogens (primary N) is 1. The summed E-state index contributed by atoms with van der Waals surface area (Å²) in [5, 5.41) is 13.6. The SMILES string of the molecule is CC(C)CN(C[C@H](O)CNCc1ccccc1)S(=O)(=O)c1cccc(N)c1. The van der Waals surface area contributed by atoms with E-state index in [2.05, 4.69) is 5.32 Å². The predicted molar refractivity (Wildman–Crippen MR) is 109 cm³/mol. The number of nitrogen functional groups attached to an aromatic ring is 1. The van der Waals surface area contributed by atoms with Crippen molar-refractivity contribution in [1.82, 2.24) is 9.62 Å². The van der Waals surface area contributed by atoms with Crippen molar-refractivity contribution in [2.24, 2.45) is 5.92 Å². The van der Waals surface area contributed by atoms with Gasteiger partial charge in [-0.05, 0) is 29.7 Å². The van der Waals surface area contributed by atoms with E-state index < -0.39 is 16.1 Å². The molecule has 4 N–H and O–H groups in total. The van der Waals surface area contributed by atoms with Crippen LogP contribution in [0.4, 0.5) is 5.69 Å². The van der Waals surface area contributed by atoms with Gasteiger partial charge < -0.3 is 16.2 Å². The third-order valence-corrected chi connectivity index (χ3v) is 5.86. The molecule has 2 aromatic rings. The van der Waals surface area contributed by atoms with E-state index in [0.717, 1.165) is 5.56 Å². The van der Waals surface area contributed by atoms with E-state index in [4.69, 9.17) is 5.73 Å². The summed E-state index contributed by atoms with van der Waals surface area (Å²) in [6.45, 7) is 5.16. The summed E-state index contributed by atoms with van der Waals surface area (Å²) in [6.07, 6.45) is -0.816. The molecule has 0 aliphatic heterocycles. The zero-order chi connectivity index (χ0) is 19.9. The van der Waals surface area contributed by atoms with E-state index in [0.29, 0.717) is 25.3 Å². The van der Waals surface area contributed by atoms with Crippen LogP contribution in [0, 0.1) is 5.92 Å². The van der Waals surface area contributed by atoms with E-state index in [9.17, 15) is 13.5 Å². The summed E-state index contributed by atoms with van der Waals surface area (Å²) in [6, 6.07) is 16.1. The first-order valence-corrected chi connectivity index (χ1v) is 10.5. The highest BCUT2D eigenvalue weighted by Gasteiger charge is 2.27. The molecule has 148 valence electrons. The number of hydrogen-bond acceptors (Lipinski definition) is 5. The molecule has 0 fully saturated rings. The average Bonchev–Trinajstić information content (AvgIpc) is 2.61. The molecule has 1 atom stereocenters. The Morgan fingerprint density at radius 2 is 1.78 bits per heavy atom. The van der Waals surface area contributed by atoms with Crippen molar-refractivity contribution in [3.05, 3.63) is 60.2 Å². The first-order chi connectivity index (χ1) is 12.8. The number of sulfonamides is 1. The lowest BCUT2D eigenvalue weighted by Gasteiger charge is -2.26. The van der Waals surface area contributed by atoms with Crippen molar-refractivity contribution in [2.75, 3.05) is 25.4 Å². The minimum Gasteiger partial charge on any atom is -0.399 e. The van der Waals surface area contributed by atoms with Gasteiger partial charge in [0.25, 0.3) is 0 Å². The molecule has 0 aliphatic carbocycles. The number of anilines is 1. The van der Waals surface area contributed by atoms with Gasteiger partial charge in [-0.25, -0.2) is 8.42 Å². The molecule has 0 saturated heterocycles. The van der Waals surface area contributed by atoms with Crippen LogP contribution in [0.15, 0.2) is 59.5 Å². The van der Waals surface area contributed by atoms with Crippen LogP contribution < -0.4 is 11.1 Å². The number of nitrogens with zero attached hydrogens (tertiary/aromatic N) is 1. The van der Waals surface area contributed by atoms with Crippen molar-refractivity contribution in [3.63, 3.8) is 0 Å². The molecule has 27 heavy (non-hydrogen) atoms. The van der Waals surface area contributed by atoms with Gasteiger partial charge in [-0.3, -0.25) is 0 Å². The number of hydrogen-bond donors (Lipinski definition) is 3. The van der Waals surface area contributed by atoms with Gasteiger partial charge in [0, 0.05) is 31.9 Å². The first kappa shape index (κ1) is 21.4. The highest BCUT2D eigenvalue weighted by atomic mass is 32.2. The van der Waals surface area contributed by atoms with Crippen LogP contribution in [0.25, 0.3) is 0 Å². The molecule has 0 heterocycles. The molecule has 6 nitrogen and oxygen atoms in total. The Balaban J connectivity index is 2.02. The molecular formula is C20H29N3O3S. The van der Waals surface area contributed by atoms with Crippen LogP contribution in [-0.4, -0.2) is 43.6 Å². The Morgan fingerprint density at radius 1 is 1.07 bits per heavy atom. The third-order valence-electron chi connectivity index (χ3n) is 4.03. The minimum absolute atomic E-state index is 0.0249. The number of rotatable bonds is 10. The molecule has 0 bridgehead atoms. The maximum atomic E-state index is 13.0. The highest BCUT2D eigenvalue weighted by molar-refractivity contribution is 7.89. The summed E-state index contributed by atoms with van der Waals surface area (Å²) < 4.78 is 27.3. The van der Waals surface area contributed by atoms with Crippen molar-refractivity contribution >= 4 is 15.7 Å². The van der Waals surface area contributed by atoms with Gasteiger partial charge in [-0.15, -0.1) is 0 Å². The second-order valence-electron chi connectivity index (χ2n) is 7.06. The van der Waals surface area contributed by atoms with Crippen molar-refractivity contribution < 1.29 is 13.5 Å². The quantitative estimate of drug-likeness (QED) is 0.539. The molecule has 0 amide bonds. The molecule has 0 spiro atoms. The molecule has 0 radical (unpaired) electrons. The van der Waals surface area contributed by atoms with Crippen molar-refractivity contribution in [2.45, 2.75) is 31.4 Å². The van der Waals surface area contributed by atoms with Gasteiger partial charge in [0.05, 0.1) is 11.0 Å². The molecule has 2 aromatic carbocycles. The van der Waals surface area contributed by atoms with Crippen LogP contribution in [0.5, 0.6) is 0 Å². The van der Waals surface area contributed by atoms with Gasteiger partial charge in [0.2, 0.25) is 10.0 Å². The summed E-state index contributed by atoms with van der Waals surface area (Å²) >= 11 is 0. The Bertz CT molecular complexity index is 810. The van der Waals surface area contributed by atoms with E-state index in [1.165, 1.54) is 16.4 Å².